The predicted molar refractivity (Wildman–Crippen MR) is 88.6 cm³/mol. The van der Waals surface area contributed by atoms with E-state index in [-0.39, 0.29) is 0 Å². The molecule has 0 aliphatic rings. The minimum atomic E-state index is 0.687. The second kappa shape index (κ2) is 10.3. The number of rotatable bonds is 9. The van der Waals surface area contributed by atoms with Crippen LogP contribution in [0, 0.1) is 0 Å². The summed E-state index contributed by atoms with van der Waals surface area (Å²) in [7, 11) is 4.13. The van der Waals surface area contributed by atoms with E-state index >= 15 is 0 Å². The molecule has 0 fully saturated rings. The van der Waals surface area contributed by atoms with Crippen LogP contribution in [-0.4, -0.2) is 48.8 Å². The Labute approximate surface area is 129 Å². The SMILES string of the molecule is CCCCOCCN=C(NCC)N(C)Cc1cccn1C. The standard InChI is InChI=1S/C16H30N4O/c1-5-7-12-21-13-10-18-16(17-6-2)20(4)14-15-9-8-11-19(15)3/h8-9,11H,5-7,10,12-14H2,1-4H3,(H,17,18). The van der Waals surface area contributed by atoms with Gasteiger partial charge in [0.15, 0.2) is 5.96 Å². The first-order valence-electron chi connectivity index (χ1n) is 7.86. The molecule has 1 heterocycles. The van der Waals surface area contributed by atoms with Crippen LogP contribution in [0.3, 0.4) is 0 Å². The normalized spacial score (nSPS) is 11.7. The molecule has 1 aromatic rings. The van der Waals surface area contributed by atoms with E-state index in [9.17, 15) is 0 Å². The van der Waals surface area contributed by atoms with E-state index in [1.807, 2.05) is 0 Å². The number of nitrogens with one attached hydrogen (secondary N) is 1. The highest BCUT2D eigenvalue weighted by atomic mass is 16.5. The zero-order chi connectivity index (χ0) is 15.5. The first-order valence-corrected chi connectivity index (χ1v) is 7.86. The fourth-order valence-electron chi connectivity index (χ4n) is 2.01. The lowest BCUT2D eigenvalue weighted by atomic mass is 10.4. The zero-order valence-electron chi connectivity index (χ0n) is 13.9. The average molecular weight is 294 g/mol. The van der Waals surface area contributed by atoms with Crippen molar-refractivity contribution in [2.75, 3.05) is 33.4 Å². The van der Waals surface area contributed by atoms with E-state index in [0.717, 1.165) is 32.1 Å². The molecule has 0 unspecified atom stereocenters. The first kappa shape index (κ1) is 17.6. The Morgan fingerprint density at radius 3 is 2.81 bits per heavy atom. The molecule has 5 heteroatoms. The van der Waals surface area contributed by atoms with Crippen LogP contribution < -0.4 is 5.32 Å². The number of aromatic nitrogens is 1. The van der Waals surface area contributed by atoms with Gasteiger partial charge in [-0.1, -0.05) is 13.3 Å². The molecular weight excluding hydrogens is 264 g/mol. The van der Waals surface area contributed by atoms with Crippen molar-refractivity contribution in [3.05, 3.63) is 24.0 Å². The quantitative estimate of drug-likeness (QED) is 0.431. The summed E-state index contributed by atoms with van der Waals surface area (Å²) in [5.74, 6) is 0.929. The van der Waals surface area contributed by atoms with Crippen LogP contribution in [0.1, 0.15) is 32.4 Å². The van der Waals surface area contributed by atoms with Crippen LogP contribution in [0.2, 0.25) is 0 Å². The van der Waals surface area contributed by atoms with E-state index in [1.54, 1.807) is 0 Å². The van der Waals surface area contributed by atoms with Crippen LogP contribution in [0.5, 0.6) is 0 Å². The fourth-order valence-corrected chi connectivity index (χ4v) is 2.01. The van der Waals surface area contributed by atoms with Crippen molar-refractivity contribution in [2.24, 2.45) is 12.0 Å². The van der Waals surface area contributed by atoms with Gasteiger partial charge in [-0.05, 0) is 25.5 Å². The van der Waals surface area contributed by atoms with Crippen molar-refractivity contribution in [2.45, 2.75) is 33.2 Å². The lowest BCUT2D eigenvalue weighted by Gasteiger charge is -2.22. The molecule has 0 spiro atoms. The third kappa shape index (κ3) is 6.67. The molecule has 21 heavy (non-hydrogen) atoms. The van der Waals surface area contributed by atoms with Gasteiger partial charge in [-0.2, -0.15) is 0 Å². The monoisotopic (exact) mass is 294 g/mol. The fraction of sp³-hybridized carbons (Fsp3) is 0.688. The Kier molecular flexibility index (Phi) is 8.59. The largest absolute Gasteiger partial charge is 0.380 e. The number of ether oxygens (including phenoxy) is 1. The van der Waals surface area contributed by atoms with Gasteiger partial charge in [-0.3, -0.25) is 4.99 Å². The summed E-state index contributed by atoms with van der Waals surface area (Å²) in [6.07, 6.45) is 4.36. The van der Waals surface area contributed by atoms with E-state index in [0.29, 0.717) is 13.2 Å². The van der Waals surface area contributed by atoms with Gasteiger partial charge >= 0.3 is 0 Å². The van der Waals surface area contributed by atoms with Crippen molar-refractivity contribution in [1.82, 2.24) is 14.8 Å². The van der Waals surface area contributed by atoms with Gasteiger partial charge < -0.3 is 19.5 Å². The van der Waals surface area contributed by atoms with Crippen LogP contribution in [-0.2, 0) is 18.3 Å². The molecule has 5 nitrogen and oxygen atoms in total. The maximum absolute atomic E-state index is 5.55. The Bertz CT molecular complexity index is 414. The van der Waals surface area contributed by atoms with Gasteiger partial charge in [0.1, 0.15) is 0 Å². The van der Waals surface area contributed by atoms with Crippen molar-refractivity contribution >= 4 is 5.96 Å². The van der Waals surface area contributed by atoms with Crippen molar-refractivity contribution in [3.63, 3.8) is 0 Å². The van der Waals surface area contributed by atoms with E-state index < -0.39 is 0 Å². The number of hydrogen-bond donors (Lipinski definition) is 1. The topological polar surface area (TPSA) is 41.8 Å². The number of hydrogen-bond acceptors (Lipinski definition) is 2. The summed E-state index contributed by atoms with van der Waals surface area (Å²) in [4.78, 5) is 6.76. The van der Waals surface area contributed by atoms with E-state index in [1.165, 1.54) is 12.1 Å². The van der Waals surface area contributed by atoms with Crippen molar-refractivity contribution in [3.8, 4) is 0 Å². The molecule has 0 aromatic carbocycles. The van der Waals surface area contributed by atoms with Gasteiger partial charge in [0.05, 0.1) is 19.7 Å². The molecule has 0 radical (unpaired) electrons. The molecule has 1 N–H and O–H groups in total. The van der Waals surface area contributed by atoms with Gasteiger partial charge in [0, 0.05) is 39.1 Å². The van der Waals surface area contributed by atoms with E-state index in [4.69, 9.17) is 4.74 Å². The van der Waals surface area contributed by atoms with Crippen molar-refractivity contribution < 1.29 is 4.74 Å². The summed E-state index contributed by atoms with van der Waals surface area (Å²) >= 11 is 0. The second-order valence-corrected chi connectivity index (χ2v) is 5.17. The summed E-state index contributed by atoms with van der Waals surface area (Å²) in [6.45, 7) is 8.18. The van der Waals surface area contributed by atoms with Gasteiger partial charge in [0.2, 0.25) is 0 Å². The maximum Gasteiger partial charge on any atom is 0.194 e. The highest BCUT2D eigenvalue weighted by molar-refractivity contribution is 5.79. The first-order chi connectivity index (χ1) is 10.2. The Morgan fingerprint density at radius 1 is 1.38 bits per heavy atom. The van der Waals surface area contributed by atoms with Crippen LogP contribution in [0.4, 0.5) is 0 Å². The Balaban J connectivity index is 2.45. The summed E-state index contributed by atoms with van der Waals surface area (Å²) < 4.78 is 7.68. The minimum absolute atomic E-state index is 0.687. The van der Waals surface area contributed by atoms with Crippen LogP contribution in [0.25, 0.3) is 0 Å². The molecule has 0 aliphatic heterocycles. The molecule has 1 aromatic heterocycles. The lowest BCUT2D eigenvalue weighted by Crippen LogP contribution is -2.39. The summed E-state index contributed by atoms with van der Waals surface area (Å²) in [6, 6.07) is 4.20. The van der Waals surface area contributed by atoms with Crippen LogP contribution >= 0.6 is 0 Å². The molecule has 0 saturated carbocycles. The zero-order valence-corrected chi connectivity index (χ0v) is 13.9. The summed E-state index contributed by atoms with van der Waals surface area (Å²) in [5.41, 5.74) is 1.27. The van der Waals surface area contributed by atoms with Gasteiger partial charge in [-0.15, -0.1) is 0 Å². The van der Waals surface area contributed by atoms with Gasteiger partial charge in [-0.25, -0.2) is 0 Å². The molecule has 0 atom stereocenters. The number of guanidine groups is 1. The third-order valence-electron chi connectivity index (χ3n) is 3.29. The maximum atomic E-state index is 5.55. The number of unbranched alkanes of at least 4 members (excludes halogenated alkanes) is 1. The summed E-state index contributed by atoms with van der Waals surface area (Å²) in [5, 5.41) is 3.33. The highest BCUT2D eigenvalue weighted by Gasteiger charge is 2.07. The number of aryl methyl sites for hydroxylation is 1. The lowest BCUT2D eigenvalue weighted by molar-refractivity contribution is 0.138. The molecule has 0 bridgehead atoms. The van der Waals surface area contributed by atoms with Crippen LogP contribution in [0.15, 0.2) is 23.3 Å². The molecular formula is C16H30N4O. The number of aliphatic imine (C=N–C) groups is 1. The molecule has 120 valence electrons. The van der Waals surface area contributed by atoms with Gasteiger partial charge in [0.25, 0.3) is 0 Å². The molecule has 1 rings (SSSR count). The third-order valence-corrected chi connectivity index (χ3v) is 3.29. The Morgan fingerprint density at radius 2 is 2.19 bits per heavy atom. The Hall–Kier alpha value is -1.49. The number of nitrogens with zero attached hydrogens (tertiary/aromatic N) is 3. The van der Waals surface area contributed by atoms with E-state index in [2.05, 4.69) is 66.0 Å². The molecule has 0 amide bonds. The molecule has 0 aliphatic carbocycles. The highest BCUT2D eigenvalue weighted by Crippen LogP contribution is 2.03. The smallest absolute Gasteiger partial charge is 0.194 e. The van der Waals surface area contributed by atoms with Crippen molar-refractivity contribution in [1.29, 1.82) is 0 Å². The average Bonchev–Trinajstić information content (AvgIpc) is 2.86. The predicted octanol–water partition coefficient (Wildman–Crippen LogP) is 2.24. The second-order valence-electron chi connectivity index (χ2n) is 5.17. The molecule has 0 saturated heterocycles. The minimum Gasteiger partial charge on any atom is -0.380 e.